The van der Waals surface area contributed by atoms with Gasteiger partial charge in [-0.05, 0) is 19.8 Å². The van der Waals surface area contributed by atoms with Crippen LogP contribution in [-0.4, -0.2) is 54.7 Å². The summed E-state index contributed by atoms with van der Waals surface area (Å²) < 4.78 is 26.0. The van der Waals surface area contributed by atoms with Crippen LogP contribution in [0, 0.1) is 5.92 Å². The zero-order chi connectivity index (χ0) is 15.5. The van der Waals surface area contributed by atoms with E-state index in [4.69, 9.17) is 5.11 Å². The molecule has 1 heterocycles. The fraction of sp³-hybridized carbons (Fsp3) is 0.833. The summed E-state index contributed by atoms with van der Waals surface area (Å²) >= 11 is 0. The molecule has 1 atom stereocenters. The Bertz CT molecular complexity index is 466. The van der Waals surface area contributed by atoms with E-state index >= 15 is 0 Å². The Balaban J connectivity index is 2.55. The Hall–Kier alpha value is -1.15. The van der Waals surface area contributed by atoms with E-state index in [1.807, 2.05) is 13.8 Å². The van der Waals surface area contributed by atoms with E-state index in [2.05, 4.69) is 4.72 Å². The van der Waals surface area contributed by atoms with Gasteiger partial charge >= 0.3 is 5.97 Å². The zero-order valence-corrected chi connectivity index (χ0v) is 12.8. The Morgan fingerprint density at radius 1 is 1.20 bits per heavy atom. The Morgan fingerprint density at radius 2 is 1.70 bits per heavy atom. The fourth-order valence-electron chi connectivity index (χ4n) is 2.05. The minimum absolute atomic E-state index is 0.0604. The quantitative estimate of drug-likeness (QED) is 0.745. The lowest BCUT2D eigenvalue weighted by Crippen LogP contribution is -2.49. The Kier molecular flexibility index (Phi) is 5.52. The molecule has 20 heavy (non-hydrogen) atoms. The summed E-state index contributed by atoms with van der Waals surface area (Å²) in [6.45, 7) is 5.77. The van der Waals surface area contributed by atoms with Gasteiger partial charge in [0.2, 0.25) is 15.9 Å². The van der Waals surface area contributed by atoms with E-state index in [1.54, 1.807) is 4.90 Å². The third-order valence-electron chi connectivity index (χ3n) is 3.44. The monoisotopic (exact) mass is 306 g/mol. The van der Waals surface area contributed by atoms with E-state index in [-0.39, 0.29) is 17.9 Å². The normalized spacial score (nSPS) is 19.1. The van der Waals surface area contributed by atoms with Crippen molar-refractivity contribution in [2.24, 2.45) is 5.92 Å². The highest BCUT2D eigenvalue weighted by molar-refractivity contribution is 7.90. The molecule has 0 aromatic heterocycles. The first-order valence-electron chi connectivity index (χ1n) is 6.68. The van der Waals surface area contributed by atoms with Crippen molar-refractivity contribution in [2.75, 3.05) is 13.1 Å². The number of carbonyl (C=O) groups is 2. The van der Waals surface area contributed by atoms with Gasteiger partial charge in [-0.1, -0.05) is 13.8 Å². The first-order chi connectivity index (χ1) is 9.15. The molecular weight excluding hydrogens is 284 g/mol. The van der Waals surface area contributed by atoms with Crippen molar-refractivity contribution in [2.45, 2.75) is 44.9 Å². The molecule has 1 amide bonds. The molecule has 7 nitrogen and oxygen atoms in total. The van der Waals surface area contributed by atoms with E-state index in [0.29, 0.717) is 25.9 Å². The molecule has 0 bridgehead atoms. The molecular formula is C12H22N2O5S. The summed E-state index contributed by atoms with van der Waals surface area (Å²) in [7, 11) is -3.87. The van der Waals surface area contributed by atoms with Gasteiger partial charge in [0.05, 0.1) is 0 Å². The van der Waals surface area contributed by atoms with Crippen LogP contribution in [0.4, 0.5) is 0 Å². The number of carbonyl (C=O) groups excluding carboxylic acids is 1. The number of nitrogens with zero attached hydrogens (tertiary/aromatic N) is 1. The van der Waals surface area contributed by atoms with E-state index in [1.165, 1.54) is 0 Å². The number of sulfonamides is 1. The van der Waals surface area contributed by atoms with Gasteiger partial charge in [-0.25, -0.2) is 13.1 Å². The topological polar surface area (TPSA) is 104 Å². The van der Waals surface area contributed by atoms with Crippen LogP contribution in [-0.2, 0) is 19.6 Å². The first kappa shape index (κ1) is 16.9. The molecule has 0 aromatic carbocycles. The molecule has 1 rings (SSSR count). The highest BCUT2D eigenvalue weighted by atomic mass is 32.2. The van der Waals surface area contributed by atoms with Gasteiger partial charge in [-0.15, -0.1) is 0 Å². The number of carboxylic acids is 1. The molecule has 1 saturated heterocycles. The van der Waals surface area contributed by atoms with Crippen molar-refractivity contribution in [1.29, 1.82) is 0 Å². The second kappa shape index (κ2) is 6.53. The van der Waals surface area contributed by atoms with Crippen molar-refractivity contribution in [3.8, 4) is 0 Å². The number of nitrogens with one attached hydrogen (secondary N) is 1. The average molecular weight is 306 g/mol. The summed E-state index contributed by atoms with van der Waals surface area (Å²) in [6, 6.07) is -0.307. The largest absolute Gasteiger partial charge is 0.480 e. The number of carboxylic acid groups (broad SMARTS) is 1. The number of aliphatic carboxylic acids is 1. The van der Waals surface area contributed by atoms with Gasteiger partial charge < -0.3 is 10.0 Å². The second-order valence-corrected chi connectivity index (χ2v) is 7.43. The molecule has 1 aliphatic heterocycles. The van der Waals surface area contributed by atoms with E-state index < -0.39 is 21.2 Å². The Morgan fingerprint density at radius 3 is 2.10 bits per heavy atom. The maximum absolute atomic E-state index is 11.8. The second-order valence-electron chi connectivity index (χ2n) is 5.40. The molecule has 116 valence electrons. The van der Waals surface area contributed by atoms with Gasteiger partial charge in [0.15, 0.2) is 5.25 Å². The van der Waals surface area contributed by atoms with Gasteiger partial charge in [0.1, 0.15) is 0 Å². The predicted octanol–water partition coefficient (Wildman–Crippen LogP) is 0.0259. The average Bonchev–Trinajstić information content (AvgIpc) is 2.37. The van der Waals surface area contributed by atoms with Crippen molar-refractivity contribution in [1.82, 2.24) is 9.62 Å². The van der Waals surface area contributed by atoms with Gasteiger partial charge in [0.25, 0.3) is 0 Å². The highest BCUT2D eigenvalue weighted by Crippen LogP contribution is 2.15. The lowest BCUT2D eigenvalue weighted by atomic mass is 10.0. The van der Waals surface area contributed by atoms with Gasteiger partial charge in [0, 0.05) is 25.0 Å². The molecule has 1 unspecified atom stereocenters. The van der Waals surface area contributed by atoms with E-state index in [9.17, 15) is 18.0 Å². The van der Waals surface area contributed by atoms with Crippen LogP contribution in [0.2, 0.25) is 0 Å². The smallest absolute Gasteiger partial charge is 0.323 e. The number of hydrogen-bond acceptors (Lipinski definition) is 4. The molecule has 0 radical (unpaired) electrons. The number of likely N-dealkylation sites (tertiary alicyclic amines) is 1. The van der Waals surface area contributed by atoms with Crippen LogP contribution in [0.25, 0.3) is 0 Å². The van der Waals surface area contributed by atoms with Crippen molar-refractivity contribution < 1.29 is 23.1 Å². The van der Waals surface area contributed by atoms with Crippen LogP contribution in [0.3, 0.4) is 0 Å². The van der Waals surface area contributed by atoms with Crippen molar-refractivity contribution in [3.63, 3.8) is 0 Å². The Labute approximate surface area is 119 Å². The van der Waals surface area contributed by atoms with Crippen molar-refractivity contribution in [3.05, 3.63) is 0 Å². The minimum atomic E-state index is -3.87. The summed E-state index contributed by atoms with van der Waals surface area (Å²) in [5.74, 6) is -1.38. The standard InChI is InChI=1S/C12H22N2O5S/c1-8(2)11(15)14-6-4-10(5-7-14)13-20(18,19)9(3)12(16)17/h8-10,13H,4-7H2,1-3H3,(H,16,17). The zero-order valence-electron chi connectivity index (χ0n) is 12.0. The third kappa shape index (κ3) is 4.17. The van der Waals surface area contributed by atoms with Crippen molar-refractivity contribution >= 4 is 21.9 Å². The fourth-order valence-corrected chi connectivity index (χ4v) is 3.22. The summed E-state index contributed by atoms with van der Waals surface area (Å²) in [6.07, 6.45) is 1.01. The number of amides is 1. The maximum Gasteiger partial charge on any atom is 0.323 e. The highest BCUT2D eigenvalue weighted by Gasteiger charge is 2.32. The SMILES string of the molecule is CC(C)C(=O)N1CCC(NS(=O)(=O)C(C)C(=O)O)CC1. The molecule has 8 heteroatoms. The molecule has 0 aromatic rings. The van der Waals surface area contributed by atoms with Crippen LogP contribution >= 0.6 is 0 Å². The number of piperidine rings is 1. The summed E-state index contributed by atoms with van der Waals surface area (Å²) in [5.41, 5.74) is 0. The predicted molar refractivity (Wildman–Crippen MR) is 73.6 cm³/mol. The van der Waals surface area contributed by atoms with E-state index in [0.717, 1.165) is 6.92 Å². The number of rotatable bonds is 5. The van der Waals surface area contributed by atoms with Crippen LogP contribution in [0.15, 0.2) is 0 Å². The third-order valence-corrected chi connectivity index (χ3v) is 5.24. The minimum Gasteiger partial charge on any atom is -0.480 e. The van der Waals surface area contributed by atoms with Gasteiger partial charge in [-0.2, -0.15) is 0 Å². The number of hydrogen-bond donors (Lipinski definition) is 2. The lowest BCUT2D eigenvalue weighted by molar-refractivity contribution is -0.136. The molecule has 1 fully saturated rings. The molecule has 0 saturated carbocycles. The lowest BCUT2D eigenvalue weighted by Gasteiger charge is -2.33. The summed E-state index contributed by atoms with van der Waals surface area (Å²) in [5, 5.41) is 7.28. The maximum atomic E-state index is 11.8. The van der Waals surface area contributed by atoms with Gasteiger partial charge in [-0.3, -0.25) is 9.59 Å². The van der Waals surface area contributed by atoms with Crippen LogP contribution in [0.1, 0.15) is 33.6 Å². The summed E-state index contributed by atoms with van der Waals surface area (Å²) in [4.78, 5) is 24.2. The molecule has 0 spiro atoms. The van der Waals surface area contributed by atoms with Crippen LogP contribution in [0.5, 0.6) is 0 Å². The van der Waals surface area contributed by atoms with Crippen LogP contribution < -0.4 is 4.72 Å². The first-order valence-corrected chi connectivity index (χ1v) is 8.22. The molecule has 2 N–H and O–H groups in total. The molecule has 0 aliphatic carbocycles. The molecule has 1 aliphatic rings.